The maximum absolute atomic E-state index is 12.9. The number of allylic oxidation sites excluding steroid dienone is 1. The molecule has 0 saturated carbocycles. The molecule has 1 fully saturated rings. The number of nitrogens with zero attached hydrogens (tertiary/aromatic N) is 3. The summed E-state index contributed by atoms with van der Waals surface area (Å²) in [6, 6.07) is 2.45. The highest BCUT2D eigenvalue weighted by molar-refractivity contribution is 5.49. The lowest BCUT2D eigenvalue weighted by Gasteiger charge is -2.34. The number of carbonyl (C=O) groups is 1. The third-order valence-electron chi connectivity index (χ3n) is 5.60. The van der Waals surface area contributed by atoms with Gasteiger partial charge in [-0.25, -0.2) is 4.98 Å². The topological polar surface area (TPSA) is 56.7 Å². The van der Waals surface area contributed by atoms with Crippen LogP contribution in [-0.2, 0) is 11.0 Å². The van der Waals surface area contributed by atoms with E-state index in [4.69, 9.17) is 5.11 Å². The van der Waals surface area contributed by atoms with E-state index < -0.39 is 11.7 Å². The first kappa shape index (κ1) is 37.5. The third kappa shape index (κ3) is 14.8. The smallest absolute Gasteiger partial charge is 0.400 e. The minimum atomic E-state index is -4.33. The number of aromatic nitrogens is 1. The molecule has 5 nitrogen and oxygen atoms in total. The molecule has 1 N–H and O–H groups in total. The van der Waals surface area contributed by atoms with Crippen LogP contribution in [0, 0.1) is 5.92 Å². The summed E-state index contributed by atoms with van der Waals surface area (Å²) in [5.74, 6) is 0.560. The van der Waals surface area contributed by atoms with E-state index in [0.29, 0.717) is 19.0 Å². The van der Waals surface area contributed by atoms with E-state index in [1.165, 1.54) is 12.3 Å². The number of aliphatic hydroxyl groups excluding tert-OH is 1. The molecule has 0 radical (unpaired) electrons. The number of pyridine rings is 1. The Hall–Kier alpha value is -2.09. The van der Waals surface area contributed by atoms with Gasteiger partial charge in [0.1, 0.15) is 5.82 Å². The van der Waals surface area contributed by atoms with Gasteiger partial charge < -0.3 is 14.9 Å². The first-order chi connectivity index (χ1) is 16.5. The summed E-state index contributed by atoms with van der Waals surface area (Å²) < 4.78 is 38.7. The molecule has 35 heavy (non-hydrogen) atoms. The summed E-state index contributed by atoms with van der Waals surface area (Å²) in [6.45, 7) is 21.7. The van der Waals surface area contributed by atoms with Crippen LogP contribution < -0.4 is 4.90 Å². The highest BCUT2D eigenvalue weighted by atomic mass is 19.4. The summed E-state index contributed by atoms with van der Waals surface area (Å²) in [7, 11) is 1.00. The largest absolute Gasteiger partial charge is 0.419 e. The first-order valence-electron chi connectivity index (χ1n) is 12.5. The second-order valence-corrected chi connectivity index (χ2v) is 8.20. The Labute approximate surface area is 212 Å². The van der Waals surface area contributed by atoms with Crippen LogP contribution in [0.15, 0.2) is 31.0 Å². The first-order valence-corrected chi connectivity index (χ1v) is 12.5. The quantitative estimate of drug-likeness (QED) is 0.328. The Morgan fingerprint density at radius 2 is 1.77 bits per heavy atom. The van der Waals surface area contributed by atoms with E-state index in [1.807, 2.05) is 32.6 Å². The van der Waals surface area contributed by atoms with E-state index >= 15 is 0 Å². The van der Waals surface area contributed by atoms with Gasteiger partial charge in [0.05, 0.1) is 5.56 Å². The SMILES string of the molecule is C=CC.CC.CCC1CCCN(c2ncccc2C(F)(F)F)C1.CCN(C=O)C(C)(C)CC.CO. The average Bonchev–Trinajstić information content (AvgIpc) is 2.87. The maximum atomic E-state index is 12.9. The van der Waals surface area contributed by atoms with Crippen molar-refractivity contribution in [2.45, 2.75) is 92.8 Å². The van der Waals surface area contributed by atoms with Crippen LogP contribution in [-0.4, -0.2) is 53.7 Å². The number of hydrogen-bond donors (Lipinski definition) is 1. The van der Waals surface area contributed by atoms with Crippen LogP contribution in [0.2, 0.25) is 0 Å². The molecule has 1 atom stereocenters. The van der Waals surface area contributed by atoms with Gasteiger partial charge in [-0.05, 0) is 65.0 Å². The van der Waals surface area contributed by atoms with Gasteiger partial charge in [-0.15, -0.1) is 6.58 Å². The van der Waals surface area contributed by atoms with Crippen LogP contribution in [0.3, 0.4) is 0 Å². The van der Waals surface area contributed by atoms with Crippen LogP contribution >= 0.6 is 0 Å². The molecule has 1 aromatic heterocycles. The van der Waals surface area contributed by atoms with E-state index in [9.17, 15) is 18.0 Å². The molecule has 0 bridgehead atoms. The van der Waals surface area contributed by atoms with Crippen molar-refractivity contribution in [3.8, 4) is 0 Å². The van der Waals surface area contributed by atoms with E-state index in [-0.39, 0.29) is 11.4 Å². The summed E-state index contributed by atoms with van der Waals surface area (Å²) in [5, 5.41) is 7.00. The second-order valence-electron chi connectivity index (χ2n) is 8.20. The zero-order chi connectivity index (χ0) is 28.1. The zero-order valence-corrected chi connectivity index (χ0v) is 23.5. The number of piperidine rings is 1. The van der Waals surface area contributed by atoms with Gasteiger partial charge in [-0.3, -0.25) is 4.79 Å². The molecule has 1 aliphatic rings. The number of anilines is 1. The lowest BCUT2D eigenvalue weighted by molar-refractivity contribution is -0.137. The predicted octanol–water partition coefficient (Wildman–Crippen LogP) is 7.21. The highest BCUT2D eigenvalue weighted by Gasteiger charge is 2.36. The predicted molar refractivity (Wildman–Crippen MR) is 143 cm³/mol. The molecule has 0 aromatic carbocycles. The summed E-state index contributed by atoms with van der Waals surface area (Å²) in [4.78, 5) is 18.0. The minimum absolute atomic E-state index is 0.0243. The molecular weight excluding hydrogens is 455 g/mol. The number of hydrogen-bond acceptors (Lipinski definition) is 4. The molecule has 2 rings (SSSR count). The summed E-state index contributed by atoms with van der Waals surface area (Å²) in [6.07, 6.45) is 3.81. The average molecular weight is 506 g/mol. The summed E-state index contributed by atoms with van der Waals surface area (Å²) >= 11 is 0. The summed E-state index contributed by atoms with van der Waals surface area (Å²) in [5.41, 5.74) is -0.599. The number of alkyl halides is 3. The molecule has 1 unspecified atom stereocenters. The fourth-order valence-electron chi connectivity index (χ4n) is 3.31. The van der Waals surface area contributed by atoms with Gasteiger partial charge in [0.2, 0.25) is 6.41 Å². The molecule has 2 heterocycles. The van der Waals surface area contributed by atoms with Crippen LogP contribution in [0.4, 0.5) is 19.0 Å². The number of carbonyl (C=O) groups excluding carboxylic acids is 1. The van der Waals surface area contributed by atoms with Crippen molar-refractivity contribution < 1.29 is 23.1 Å². The van der Waals surface area contributed by atoms with Crippen molar-refractivity contribution in [1.82, 2.24) is 9.88 Å². The molecule has 206 valence electrons. The fourth-order valence-corrected chi connectivity index (χ4v) is 3.31. The van der Waals surface area contributed by atoms with Gasteiger partial charge >= 0.3 is 6.18 Å². The second kappa shape index (κ2) is 21.2. The van der Waals surface area contributed by atoms with E-state index in [1.54, 1.807) is 11.0 Å². The molecule has 8 heteroatoms. The highest BCUT2D eigenvalue weighted by Crippen LogP contribution is 2.36. The minimum Gasteiger partial charge on any atom is -0.400 e. The van der Waals surface area contributed by atoms with Crippen molar-refractivity contribution in [2.75, 3.05) is 31.6 Å². The lowest BCUT2D eigenvalue weighted by atomic mass is 9.95. The molecule has 1 aromatic rings. The number of rotatable bonds is 6. The molecular formula is C27H50F3N3O2. The molecule has 0 aliphatic carbocycles. The van der Waals surface area contributed by atoms with Crippen molar-refractivity contribution in [3.05, 3.63) is 36.5 Å². The van der Waals surface area contributed by atoms with Gasteiger partial charge in [0.25, 0.3) is 0 Å². The molecule has 1 aliphatic heterocycles. The lowest BCUT2D eigenvalue weighted by Crippen LogP contribution is -2.42. The molecule has 0 spiro atoms. The van der Waals surface area contributed by atoms with Crippen molar-refractivity contribution in [1.29, 1.82) is 0 Å². The normalized spacial score (nSPS) is 14.8. The molecule has 1 saturated heterocycles. The van der Waals surface area contributed by atoms with Gasteiger partial charge in [-0.2, -0.15) is 13.2 Å². The fraction of sp³-hybridized carbons (Fsp3) is 0.704. The Morgan fingerprint density at radius 3 is 2.14 bits per heavy atom. The third-order valence-corrected chi connectivity index (χ3v) is 5.60. The van der Waals surface area contributed by atoms with Crippen LogP contribution in [0.1, 0.15) is 86.6 Å². The number of aliphatic hydroxyl groups is 1. The Balaban J connectivity index is -0.000000512. The van der Waals surface area contributed by atoms with Crippen molar-refractivity contribution >= 4 is 12.2 Å². The van der Waals surface area contributed by atoms with E-state index in [2.05, 4.69) is 39.3 Å². The zero-order valence-electron chi connectivity index (χ0n) is 23.5. The van der Waals surface area contributed by atoms with Crippen molar-refractivity contribution in [3.63, 3.8) is 0 Å². The Kier molecular flexibility index (Phi) is 22.7. The number of halogens is 3. The van der Waals surface area contributed by atoms with Gasteiger partial charge in [-0.1, -0.05) is 40.2 Å². The molecule has 1 amide bonds. The Bertz CT molecular complexity index is 653. The monoisotopic (exact) mass is 505 g/mol. The van der Waals surface area contributed by atoms with Gasteiger partial charge in [0, 0.05) is 38.5 Å². The van der Waals surface area contributed by atoms with Crippen LogP contribution in [0.25, 0.3) is 0 Å². The van der Waals surface area contributed by atoms with Crippen molar-refractivity contribution in [2.24, 2.45) is 5.92 Å². The van der Waals surface area contributed by atoms with Crippen LogP contribution in [0.5, 0.6) is 0 Å². The van der Waals surface area contributed by atoms with Gasteiger partial charge in [0.15, 0.2) is 0 Å². The standard InChI is InChI=1S/C13H17F3N2.C8H17NO.C3H6.C2H6.CH4O/c1-2-10-5-4-8-18(9-10)12-11(13(14,15)16)6-3-7-17-12;1-5-8(3,4)9(6-2)7-10;1-3-2;2*1-2/h3,6-7,10H,2,4-5,8-9H2,1H3;7H,5-6H2,1-4H3;3H,1H2,2H3;1-2H3;2H,1H3. The maximum Gasteiger partial charge on any atom is 0.419 e. The Morgan fingerprint density at radius 1 is 1.23 bits per heavy atom. The number of amides is 1. The van der Waals surface area contributed by atoms with E-state index in [0.717, 1.165) is 51.8 Å².